The van der Waals surface area contributed by atoms with Crippen LogP contribution in [0.25, 0.3) is 0 Å². The summed E-state index contributed by atoms with van der Waals surface area (Å²) in [5.41, 5.74) is 0.916. The molecule has 15 heavy (non-hydrogen) atoms. The number of phenolic OH excluding ortho intramolecular Hbond substituents is 1. The Morgan fingerprint density at radius 2 is 1.73 bits per heavy atom. The van der Waals surface area contributed by atoms with Crippen LogP contribution in [0.1, 0.15) is 15.3 Å². The van der Waals surface area contributed by atoms with Crippen LogP contribution >= 0.6 is 11.3 Å². The van der Waals surface area contributed by atoms with Gasteiger partial charge in [-0.05, 0) is 43.3 Å². The van der Waals surface area contributed by atoms with E-state index in [0.29, 0.717) is 0 Å². The molecule has 2 heteroatoms. The molecule has 1 nitrogen and oxygen atoms in total. The van der Waals surface area contributed by atoms with E-state index in [4.69, 9.17) is 5.11 Å². The lowest BCUT2D eigenvalue weighted by molar-refractivity contribution is 0.475. The smallest absolute Gasteiger partial charge is 0.115 e. The molecule has 2 rings (SSSR count). The highest BCUT2D eigenvalue weighted by molar-refractivity contribution is 7.12. The fourth-order valence-electron chi connectivity index (χ4n) is 1.18. The van der Waals surface area contributed by atoms with Crippen molar-refractivity contribution in [2.45, 2.75) is 6.92 Å². The van der Waals surface area contributed by atoms with Crippen molar-refractivity contribution in [3.63, 3.8) is 0 Å². The molecule has 74 valence electrons. The Bertz CT molecular complexity index is 511. The highest BCUT2D eigenvalue weighted by Gasteiger charge is 1.91. The number of aromatic hydroxyl groups is 1. The van der Waals surface area contributed by atoms with Crippen LogP contribution in [0.5, 0.6) is 5.75 Å². The summed E-state index contributed by atoms with van der Waals surface area (Å²) in [7, 11) is 0. The van der Waals surface area contributed by atoms with Gasteiger partial charge in [0.15, 0.2) is 0 Å². The second kappa shape index (κ2) is 4.20. The zero-order valence-corrected chi connectivity index (χ0v) is 9.14. The molecule has 0 saturated carbocycles. The van der Waals surface area contributed by atoms with Gasteiger partial charge in [0.05, 0.1) is 4.88 Å². The van der Waals surface area contributed by atoms with E-state index < -0.39 is 0 Å². The third-order valence-electron chi connectivity index (χ3n) is 1.94. The van der Waals surface area contributed by atoms with E-state index in [1.54, 1.807) is 23.5 Å². The summed E-state index contributed by atoms with van der Waals surface area (Å²) < 4.78 is 0. The van der Waals surface area contributed by atoms with Crippen LogP contribution in [0.4, 0.5) is 0 Å². The minimum Gasteiger partial charge on any atom is -0.508 e. The van der Waals surface area contributed by atoms with E-state index in [9.17, 15) is 0 Å². The highest BCUT2D eigenvalue weighted by atomic mass is 32.1. The number of hydrogen-bond acceptors (Lipinski definition) is 2. The molecule has 1 N–H and O–H groups in total. The van der Waals surface area contributed by atoms with E-state index in [1.807, 2.05) is 18.2 Å². The minimum absolute atomic E-state index is 0.271. The predicted octanol–water partition coefficient (Wildman–Crippen LogP) is 3.16. The maximum absolute atomic E-state index is 9.10. The van der Waals surface area contributed by atoms with Crippen molar-refractivity contribution < 1.29 is 5.11 Å². The largest absolute Gasteiger partial charge is 0.508 e. The van der Waals surface area contributed by atoms with Crippen molar-refractivity contribution in [2.75, 3.05) is 0 Å². The lowest BCUT2D eigenvalue weighted by Gasteiger charge is -1.90. The van der Waals surface area contributed by atoms with Gasteiger partial charge in [0.25, 0.3) is 0 Å². The van der Waals surface area contributed by atoms with Gasteiger partial charge in [-0.3, -0.25) is 0 Å². The van der Waals surface area contributed by atoms with Crippen molar-refractivity contribution in [1.82, 2.24) is 0 Å². The van der Waals surface area contributed by atoms with Gasteiger partial charge in [0, 0.05) is 10.4 Å². The molecule has 0 amide bonds. The third-order valence-corrected chi connectivity index (χ3v) is 2.85. The van der Waals surface area contributed by atoms with Gasteiger partial charge >= 0.3 is 0 Å². The Morgan fingerprint density at radius 3 is 2.33 bits per heavy atom. The molecular formula is C13H10OS. The summed E-state index contributed by atoms with van der Waals surface area (Å²) in [4.78, 5) is 2.34. The number of phenols is 1. The molecule has 0 atom stereocenters. The number of rotatable bonds is 0. The summed E-state index contributed by atoms with van der Waals surface area (Å²) in [6, 6.07) is 11.0. The van der Waals surface area contributed by atoms with Crippen LogP contribution in [0, 0.1) is 18.8 Å². The van der Waals surface area contributed by atoms with Crippen LogP contribution in [-0.4, -0.2) is 5.11 Å². The summed E-state index contributed by atoms with van der Waals surface area (Å²) in [6.07, 6.45) is 0. The molecule has 0 fully saturated rings. The fourth-order valence-corrected chi connectivity index (χ4v) is 1.90. The van der Waals surface area contributed by atoms with Crippen LogP contribution in [0.3, 0.4) is 0 Å². The maximum Gasteiger partial charge on any atom is 0.115 e. The zero-order chi connectivity index (χ0) is 10.7. The first-order valence-corrected chi connectivity index (χ1v) is 5.43. The molecular weight excluding hydrogens is 204 g/mol. The Morgan fingerprint density at radius 1 is 1.00 bits per heavy atom. The molecule has 1 heterocycles. The predicted molar refractivity (Wildman–Crippen MR) is 63.1 cm³/mol. The Hall–Kier alpha value is -1.72. The number of thiophene rings is 1. The molecule has 1 aromatic heterocycles. The Balaban J connectivity index is 2.22. The first-order chi connectivity index (χ1) is 7.24. The summed E-state index contributed by atoms with van der Waals surface area (Å²) in [5, 5.41) is 9.10. The van der Waals surface area contributed by atoms with Crippen LogP contribution < -0.4 is 0 Å². The van der Waals surface area contributed by atoms with E-state index in [2.05, 4.69) is 24.8 Å². The number of benzene rings is 1. The normalized spacial score (nSPS) is 9.40. The molecule has 1 aromatic carbocycles. The van der Waals surface area contributed by atoms with Crippen molar-refractivity contribution >= 4 is 11.3 Å². The quantitative estimate of drug-likeness (QED) is 0.668. The molecule has 0 saturated heterocycles. The maximum atomic E-state index is 9.10. The molecule has 0 bridgehead atoms. The molecule has 0 radical (unpaired) electrons. The zero-order valence-electron chi connectivity index (χ0n) is 8.32. The van der Waals surface area contributed by atoms with E-state index in [0.717, 1.165) is 10.4 Å². The first kappa shape index (κ1) is 9.82. The second-order valence-electron chi connectivity index (χ2n) is 3.21. The van der Waals surface area contributed by atoms with Crippen molar-refractivity contribution in [2.24, 2.45) is 0 Å². The van der Waals surface area contributed by atoms with Crippen LogP contribution in [-0.2, 0) is 0 Å². The molecule has 0 aliphatic carbocycles. The van der Waals surface area contributed by atoms with E-state index in [1.165, 1.54) is 4.88 Å². The van der Waals surface area contributed by atoms with Gasteiger partial charge in [-0.15, -0.1) is 11.3 Å². The monoisotopic (exact) mass is 214 g/mol. The Labute approximate surface area is 93.0 Å². The fraction of sp³-hybridized carbons (Fsp3) is 0.0769. The second-order valence-corrected chi connectivity index (χ2v) is 4.50. The SMILES string of the molecule is Cc1ccc(C#Cc2ccc(O)cc2)s1. The van der Waals surface area contributed by atoms with Crippen LogP contribution in [0.2, 0.25) is 0 Å². The van der Waals surface area contributed by atoms with Gasteiger partial charge < -0.3 is 5.11 Å². The first-order valence-electron chi connectivity index (χ1n) is 4.61. The number of aryl methyl sites for hydroxylation is 1. The third kappa shape index (κ3) is 2.61. The van der Waals surface area contributed by atoms with Crippen molar-refractivity contribution in [3.05, 3.63) is 51.7 Å². The standard InChI is InChI=1S/C13H10OS/c1-10-2-8-13(15-10)9-5-11-3-6-12(14)7-4-11/h2-4,6-8,14H,1H3. The lowest BCUT2D eigenvalue weighted by atomic mass is 10.2. The average Bonchev–Trinajstić information content (AvgIpc) is 2.64. The lowest BCUT2D eigenvalue weighted by Crippen LogP contribution is -1.72. The summed E-state index contributed by atoms with van der Waals surface area (Å²) >= 11 is 1.69. The van der Waals surface area contributed by atoms with E-state index >= 15 is 0 Å². The molecule has 2 aromatic rings. The summed E-state index contributed by atoms with van der Waals surface area (Å²) in [6.45, 7) is 2.07. The minimum atomic E-state index is 0.271. The van der Waals surface area contributed by atoms with Gasteiger partial charge in [0.1, 0.15) is 5.75 Å². The van der Waals surface area contributed by atoms with Crippen molar-refractivity contribution in [1.29, 1.82) is 0 Å². The topological polar surface area (TPSA) is 20.2 Å². The molecule has 0 unspecified atom stereocenters. The Kier molecular flexibility index (Phi) is 2.75. The average molecular weight is 214 g/mol. The number of hydrogen-bond donors (Lipinski definition) is 1. The molecule has 0 aliphatic rings. The summed E-state index contributed by atoms with van der Waals surface area (Å²) in [5.74, 6) is 6.41. The van der Waals surface area contributed by atoms with Crippen molar-refractivity contribution in [3.8, 4) is 17.6 Å². The highest BCUT2D eigenvalue weighted by Crippen LogP contribution is 2.14. The van der Waals surface area contributed by atoms with Gasteiger partial charge in [-0.2, -0.15) is 0 Å². The van der Waals surface area contributed by atoms with Gasteiger partial charge in [0.2, 0.25) is 0 Å². The molecule has 0 aliphatic heterocycles. The van der Waals surface area contributed by atoms with Gasteiger partial charge in [-0.1, -0.05) is 11.8 Å². The van der Waals surface area contributed by atoms with E-state index in [-0.39, 0.29) is 5.75 Å². The van der Waals surface area contributed by atoms with Crippen LogP contribution in [0.15, 0.2) is 36.4 Å². The molecule has 0 spiro atoms. The van der Waals surface area contributed by atoms with Gasteiger partial charge in [-0.25, -0.2) is 0 Å².